The van der Waals surface area contributed by atoms with Gasteiger partial charge in [-0.1, -0.05) is 18.2 Å². The summed E-state index contributed by atoms with van der Waals surface area (Å²) in [5.74, 6) is -2.14. The molecule has 0 unspecified atom stereocenters. The fraction of sp³-hybridized carbons (Fsp3) is 0.100. The number of hydrogen-bond acceptors (Lipinski definition) is 6. The quantitative estimate of drug-likeness (QED) is 0.342. The van der Waals surface area contributed by atoms with Crippen LogP contribution >= 0.6 is 0 Å². The van der Waals surface area contributed by atoms with Crippen LogP contribution in [0.1, 0.15) is 16.8 Å². The molecule has 2 aromatic rings. The molecule has 142 valence electrons. The van der Waals surface area contributed by atoms with Crippen LogP contribution < -0.4 is 10.1 Å². The second-order valence-electron chi connectivity index (χ2n) is 5.89. The van der Waals surface area contributed by atoms with Gasteiger partial charge in [-0.15, -0.1) is 0 Å². The molecule has 1 aliphatic heterocycles. The van der Waals surface area contributed by atoms with Crippen LogP contribution in [0, 0.1) is 0 Å². The molecule has 0 atom stereocenters. The maximum atomic E-state index is 12.3. The van der Waals surface area contributed by atoms with Gasteiger partial charge in [0.2, 0.25) is 5.91 Å². The summed E-state index contributed by atoms with van der Waals surface area (Å²) in [7, 11) is 0. The van der Waals surface area contributed by atoms with Crippen LogP contribution in [0.25, 0.3) is 0 Å². The van der Waals surface area contributed by atoms with Crippen LogP contribution in [0.15, 0.2) is 60.7 Å². The van der Waals surface area contributed by atoms with Crippen LogP contribution in [0.4, 0.5) is 5.69 Å². The van der Waals surface area contributed by atoms with E-state index in [1.165, 1.54) is 18.2 Å². The SMILES string of the molecule is O=C(CCN1C(=O)C=CC1=O)Nc1ccc(O)c(C(=O)Oc2ccccc2)c1. The maximum Gasteiger partial charge on any atom is 0.347 e. The van der Waals surface area contributed by atoms with Gasteiger partial charge in [-0.25, -0.2) is 4.79 Å². The monoisotopic (exact) mass is 380 g/mol. The van der Waals surface area contributed by atoms with Gasteiger partial charge in [-0.05, 0) is 30.3 Å². The number of imide groups is 1. The molecule has 3 amide bonds. The average molecular weight is 380 g/mol. The van der Waals surface area contributed by atoms with Crippen LogP contribution in [0.3, 0.4) is 0 Å². The first kappa shape index (κ1) is 18.8. The number of esters is 1. The molecule has 2 aromatic carbocycles. The van der Waals surface area contributed by atoms with Crippen molar-refractivity contribution in [1.82, 2.24) is 4.90 Å². The molecule has 0 fully saturated rings. The molecular weight excluding hydrogens is 364 g/mol. The van der Waals surface area contributed by atoms with E-state index in [9.17, 15) is 24.3 Å². The third kappa shape index (κ3) is 4.42. The van der Waals surface area contributed by atoms with Gasteiger partial charge in [0.1, 0.15) is 17.1 Å². The highest BCUT2D eigenvalue weighted by atomic mass is 16.5. The summed E-state index contributed by atoms with van der Waals surface area (Å²) in [6, 6.07) is 12.3. The van der Waals surface area contributed by atoms with Gasteiger partial charge in [-0.2, -0.15) is 0 Å². The summed E-state index contributed by atoms with van der Waals surface area (Å²) < 4.78 is 5.18. The number of carbonyl (C=O) groups excluding carboxylic acids is 4. The molecule has 0 aromatic heterocycles. The molecule has 0 aliphatic carbocycles. The molecular formula is C20H16N2O6. The first-order chi connectivity index (χ1) is 13.4. The number of carbonyl (C=O) groups is 4. The van der Waals surface area contributed by atoms with Crippen molar-refractivity contribution in [3.8, 4) is 11.5 Å². The Morgan fingerprint density at radius 3 is 2.36 bits per heavy atom. The van der Waals surface area contributed by atoms with Crippen molar-refractivity contribution in [3.05, 3.63) is 66.2 Å². The third-order valence-electron chi connectivity index (χ3n) is 3.92. The zero-order valence-corrected chi connectivity index (χ0v) is 14.6. The van der Waals surface area contributed by atoms with E-state index < -0.39 is 23.7 Å². The molecule has 1 aliphatic rings. The smallest absolute Gasteiger partial charge is 0.347 e. The number of phenols is 1. The largest absolute Gasteiger partial charge is 0.507 e. The highest BCUT2D eigenvalue weighted by molar-refractivity contribution is 6.13. The minimum atomic E-state index is -0.779. The maximum absolute atomic E-state index is 12.3. The first-order valence-electron chi connectivity index (χ1n) is 8.37. The predicted octanol–water partition coefficient (Wildman–Crippen LogP) is 1.86. The van der Waals surface area contributed by atoms with Gasteiger partial charge < -0.3 is 15.2 Å². The van der Waals surface area contributed by atoms with Crippen molar-refractivity contribution < 1.29 is 29.0 Å². The zero-order valence-electron chi connectivity index (χ0n) is 14.6. The number of nitrogens with zero attached hydrogens (tertiary/aromatic N) is 1. The standard InChI is InChI=1S/C20H16N2O6/c23-16-7-6-13(12-15(16)20(27)28-14-4-2-1-3-5-14)21-17(24)10-11-22-18(25)8-9-19(22)26/h1-9,12,23H,10-11H2,(H,21,24). The van der Waals surface area contributed by atoms with Crippen molar-refractivity contribution >= 4 is 29.4 Å². The van der Waals surface area contributed by atoms with Crippen LogP contribution in [0.5, 0.6) is 11.5 Å². The number of aromatic hydroxyl groups is 1. The molecule has 0 spiro atoms. The Hall–Kier alpha value is -3.94. The Bertz CT molecular complexity index is 950. The van der Waals surface area contributed by atoms with Crippen molar-refractivity contribution in [2.75, 3.05) is 11.9 Å². The molecule has 2 N–H and O–H groups in total. The van der Waals surface area contributed by atoms with E-state index >= 15 is 0 Å². The van der Waals surface area contributed by atoms with E-state index in [0.29, 0.717) is 5.75 Å². The van der Waals surface area contributed by atoms with E-state index in [2.05, 4.69) is 5.32 Å². The van der Waals surface area contributed by atoms with Crippen molar-refractivity contribution in [1.29, 1.82) is 0 Å². The summed E-state index contributed by atoms with van der Waals surface area (Å²) in [5.41, 5.74) is 0.149. The van der Waals surface area contributed by atoms with Crippen LogP contribution in [-0.2, 0) is 14.4 Å². The minimum absolute atomic E-state index is 0.0580. The molecule has 0 radical (unpaired) electrons. The Morgan fingerprint density at radius 1 is 1.00 bits per heavy atom. The second-order valence-corrected chi connectivity index (χ2v) is 5.89. The number of nitrogens with one attached hydrogen (secondary N) is 1. The van der Waals surface area contributed by atoms with Crippen LogP contribution in [-0.4, -0.2) is 40.2 Å². The fourth-order valence-corrected chi connectivity index (χ4v) is 2.52. The molecule has 0 saturated carbocycles. The lowest BCUT2D eigenvalue weighted by Gasteiger charge is -2.13. The van der Waals surface area contributed by atoms with E-state index in [-0.39, 0.29) is 30.0 Å². The molecule has 3 rings (SSSR count). The molecule has 1 heterocycles. The number of anilines is 1. The van der Waals surface area contributed by atoms with Crippen molar-refractivity contribution in [2.45, 2.75) is 6.42 Å². The topological polar surface area (TPSA) is 113 Å². The normalized spacial score (nSPS) is 12.9. The van der Waals surface area contributed by atoms with E-state index in [4.69, 9.17) is 4.74 Å². The lowest BCUT2D eigenvalue weighted by atomic mass is 10.1. The number of rotatable bonds is 6. The Kier molecular flexibility index (Phi) is 5.50. The van der Waals surface area contributed by atoms with Crippen molar-refractivity contribution in [3.63, 3.8) is 0 Å². The number of benzene rings is 2. The third-order valence-corrected chi connectivity index (χ3v) is 3.92. The summed E-state index contributed by atoms with van der Waals surface area (Å²) in [6.45, 7) is -0.0580. The van der Waals surface area contributed by atoms with Gasteiger partial charge in [0.05, 0.1) is 0 Å². The highest BCUT2D eigenvalue weighted by Gasteiger charge is 2.23. The van der Waals surface area contributed by atoms with E-state index in [1.54, 1.807) is 30.3 Å². The number of hydrogen-bond donors (Lipinski definition) is 2. The van der Waals surface area contributed by atoms with Crippen molar-refractivity contribution in [2.24, 2.45) is 0 Å². The molecule has 8 heteroatoms. The van der Waals surface area contributed by atoms with Gasteiger partial charge >= 0.3 is 5.97 Å². The minimum Gasteiger partial charge on any atom is -0.507 e. The number of para-hydroxylation sites is 1. The number of phenolic OH excluding ortho intramolecular Hbond substituents is 1. The predicted molar refractivity (Wildman–Crippen MR) is 98.6 cm³/mol. The molecule has 28 heavy (non-hydrogen) atoms. The van der Waals surface area contributed by atoms with Gasteiger partial charge in [-0.3, -0.25) is 19.3 Å². The fourth-order valence-electron chi connectivity index (χ4n) is 2.52. The molecule has 8 nitrogen and oxygen atoms in total. The van der Waals surface area contributed by atoms with E-state index in [1.807, 2.05) is 0 Å². The van der Waals surface area contributed by atoms with Crippen LogP contribution in [0.2, 0.25) is 0 Å². The first-order valence-corrected chi connectivity index (χ1v) is 8.37. The van der Waals surface area contributed by atoms with Gasteiger partial charge in [0.15, 0.2) is 0 Å². The van der Waals surface area contributed by atoms with E-state index in [0.717, 1.165) is 17.1 Å². The Morgan fingerprint density at radius 2 is 1.68 bits per heavy atom. The lowest BCUT2D eigenvalue weighted by Crippen LogP contribution is -2.33. The molecule has 0 bridgehead atoms. The van der Waals surface area contributed by atoms with Gasteiger partial charge in [0, 0.05) is 30.8 Å². The Labute approximate surface area is 160 Å². The number of amides is 3. The zero-order chi connectivity index (χ0) is 20.1. The number of ether oxygens (including phenoxy) is 1. The average Bonchev–Trinajstić information content (AvgIpc) is 3.00. The second kappa shape index (κ2) is 8.17. The summed E-state index contributed by atoms with van der Waals surface area (Å²) >= 11 is 0. The summed E-state index contributed by atoms with van der Waals surface area (Å²) in [6.07, 6.45) is 2.18. The lowest BCUT2D eigenvalue weighted by molar-refractivity contribution is -0.137. The Balaban J connectivity index is 1.62. The highest BCUT2D eigenvalue weighted by Crippen LogP contribution is 2.23. The summed E-state index contributed by atoms with van der Waals surface area (Å²) in [4.78, 5) is 48.2. The van der Waals surface area contributed by atoms with Gasteiger partial charge in [0.25, 0.3) is 11.8 Å². The molecule has 0 saturated heterocycles. The summed E-state index contributed by atoms with van der Waals surface area (Å²) in [5, 5.41) is 12.5.